The molecule has 156 valence electrons. The van der Waals surface area contributed by atoms with Gasteiger partial charge >= 0.3 is 0 Å². The van der Waals surface area contributed by atoms with Crippen LogP contribution in [0.25, 0.3) is 6.08 Å². The van der Waals surface area contributed by atoms with Gasteiger partial charge in [-0.25, -0.2) is 0 Å². The van der Waals surface area contributed by atoms with E-state index in [0.717, 1.165) is 6.42 Å². The molecule has 5 rings (SSSR count). The fourth-order valence-electron chi connectivity index (χ4n) is 3.33. The maximum Gasteiger partial charge on any atom is 0.232 e. The van der Waals surface area contributed by atoms with Crippen molar-refractivity contribution in [3.63, 3.8) is 0 Å². The van der Waals surface area contributed by atoms with Gasteiger partial charge in [-0.05, 0) is 42.5 Å². The number of Topliss-reactive ketones (excluding diaryl/α,β-unsaturated/α-hetero) is 2. The van der Waals surface area contributed by atoms with Crippen LogP contribution in [0.3, 0.4) is 0 Å². The first-order valence-electron chi connectivity index (χ1n) is 9.85. The lowest BCUT2D eigenvalue weighted by molar-refractivity contribution is 0.0920. The maximum absolute atomic E-state index is 12.6. The number of hydrogen-bond donors (Lipinski definition) is 0. The average Bonchev–Trinajstić information content (AvgIpc) is 3.32. The molecule has 1 aromatic heterocycles. The second-order valence-corrected chi connectivity index (χ2v) is 7.04. The van der Waals surface area contributed by atoms with Crippen LogP contribution in [0.4, 0.5) is 0 Å². The van der Waals surface area contributed by atoms with E-state index in [1.54, 1.807) is 48.5 Å². The van der Waals surface area contributed by atoms with Crippen molar-refractivity contribution in [3.05, 3.63) is 77.4 Å². The lowest BCUT2D eigenvalue weighted by Crippen LogP contribution is -2.12. The fraction of sp³-hybridized carbons (Fsp3) is 0.167. The summed E-state index contributed by atoms with van der Waals surface area (Å²) in [5.41, 5.74) is 0.903. The van der Waals surface area contributed by atoms with Crippen LogP contribution in [0.15, 0.2) is 65.0 Å². The van der Waals surface area contributed by atoms with Gasteiger partial charge in [0.15, 0.2) is 29.6 Å². The van der Waals surface area contributed by atoms with Crippen molar-refractivity contribution in [2.45, 2.75) is 6.42 Å². The molecule has 0 unspecified atom stereocenters. The molecule has 0 amide bonds. The molecule has 0 atom stereocenters. The number of carbonyl (C=O) groups is 2. The van der Waals surface area contributed by atoms with Crippen LogP contribution < -0.4 is 18.9 Å². The lowest BCUT2D eigenvalue weighted by Gasteiger charge is -2.10. The van der Waals surface area contributed by atoms with Crippen LogP contribution in [0, 0.1) is 0 Å². The molecule has 0 saturated heterocycles. The first kappa shape index (κ1) is 19.0. The molecule has 2 aliphatic rings. The molecule has 3 heterocycles. The molecule has 0 saturated carbocycles. The van der Waals surface area contributed by atoms with Gasteiger partial charge in [-0.2, -0.15) is 0 Å². The zero-order valence-corrected chi connectivity index (χ0v) is 16.5. The molecule has 7 nitrogen and oxygen atoms in total. The smallest absolute Gasteiger partial charge is 0.232 e. The van der Waals surface area contributed by atoms with Crippen molar-refractivity contribution in [1.29, 1.82) is 0 Å². The van der Waals surface area contributed by atoms with Crippen LogP contribution >= 0.6 is 0 Å². The molecular formula is C24H18O7. The predicted molar refractivity (Wildman–Crippen MR) is 110 cm³/mol. The summed E-state index contributed by atoms with van der Waals surface area (Å²) in [4.78, 5) is 25.1. The number of ketones is 2. The minimum absolute atomic E-state index is 0.165. The minimum atomic E-state index is -0.235. The zero-order chi connectivity index (χ0) is 21.2. The maximum atomic E-state index is 12.6. The van der Waals surface area contributed by atoms with Crippen LogP contribution in [0.2, 0.25) is 0 Å². The quantitative estimate of drug-likeness (QED) is 0.451. The summed E-state index contributed by atoms with van der Waals surface area (Å²) >= 11 is 0. The lowest BCUT2D eigenvalue weighted by atomic mass is 10.1. The Balaban J connectivity index is 1.27. The van der Waals surface area contributed by atoms with Crippen molar-refractivity contribution in [1.82, 2.24) is 0 Å². The van der Waals surface area contributed by atoms with Gasteiger partial charge in [0.2, 0.25) is 5.78 Å². The predicted octanol–water partition coefficient (Wildman–Crippen LogP) is 4.32. The van der Waals surface area contributed by atoms with E-state index in [0.29, 0.717) is 53.1 Å². The van der Waals surface area contributed by atoms with Gasteiger partial charge in [-0.3, -0.25) is 9.59 Å². The minimum Gasteiger partial charge on any atom is -0.490 e. The summed E-state index contributed by atoms with van der Waals surface area (Å²) in [5.74, 6) is 2.25. The number of allylic oxidation sites excluding steroid dienone is 1. The first-order valence-corrected chi connectivity index (χ1v) is 9.85. The second kappa shape index (κ2) is 8.02. The Bertz CT molecular complexity index is 1170. The van der Waals surface area contributed by atoms with Crippen LogP contribution in [0.5, 0.6) is 23.0 Å². The van der Waals surface area contributed by atoms with Gasteiger partial charge in [0.25, 0.3) is 0 Å². The molecule has 0 aliphatic carbocycles. The van der Waals surface area contributed by atoms with E-state index in [-0.39, 0.29) is 23.9 Å². The van der Waals surface area contributed by atoms with Gasteiger partial charge in [0.05, 0.1) is 25.0 Å². The number of rotatable bonds is 5. The molecule has 0 N–H and O–H groups in total. The largest absolute Gasteiger partial charge is 0.490 e. The van der Waals surface area contributed by atoms with Crippen molar-refractivity contribution < 1.29 is 33.0 Å². The zero-order valence-electron chi connectivity index (χ0n) is 16.5. The molecule has 2 aromatic carbocycles. The highest BCUT2D eigenvalue weighted by molar-refractivity contribution is 6.14. The Hall–Kier alpha value is -4.00. The monoisotopic (exact) mass is 418 g/mol. The Morgan fingerprint density at radius 3 is 2.71 bits per heavy atom. The van der Waals surface area contributed by atoms with Crippen LogP contribution in [-0.2, 0) is 0 Å². The molecule has 0 spiro atoms. The molecular weight excluding hydrogens is 400 g/mol. The van der Waals surface area contributed by atoms with Gasteiger partial charge in [0.1, 0.15) is 17.3 Å². The van der Waals surface area contributed by atoms with E-state index in [9.17, 15) is 9.59 Å². The molecule has 0 radical (unpaired) electrons. The van der Waals surface area contributed by atoms with Crippen molar-refractivity contribution in [3.8, 4) is 23.0 Å². The third-order valence-electron chi connectivity index (χ3n) is 4.90. The van der Waals surface area contributed by atoms with Gasteiger partial charge in [-0.1, -0.05) is 0 Å². The van der Waals surface area contributed by atoms with Gasteiger partial charge < -0.3 is 23.4 Å². The van der Waals surface area contributed by atoms with Crippen molar-refractivity contribution in [2.24, 2.45) is 0 Å². The Morgan fingerprint density at radius 1 is 1.00 bits per heavy atom. The van der Waals surface area contributed by atoms with E-state index >= 15 is 0 Å². The molecule has 0 bridgehead atoms. The summed E-state index contributed by atoms with van der Waals surface area (Å²) in [6.07, 6.45) is 3.85. The van der Waals surface area contributed by atoms with Crippen molar-refractivity contribution in [2.75, 3.05) is 19.8 Å². The third-order valence-corrected chi connectivity index (χ3v) is 4.90. The number of carbonyl (C=O) groups excluding carboxylic acids is 2. The Labute approximate surface area is 177 Å². The topological polar surface area (TPSA) is 84.2 Å². The van der Waals surface area contributed by atoms with E-state index in [1.807, 2.05) is 0 Å². The molecule has 7 heteroatoms. The third kappa shape index (κ3) is 3.90. The van der Waals surface area contributed by atoms with E-state index in [4.69, 9.17) is 23.4 Å². The molecule has 0 fully saturated rings. The highest BCUT2D eigenvalue weighted by atomic mass is 16.5. The molecule has 2 aliphatic heterocycles. The van der Waals surface area contributed by atoms with Crippen molar-refractivity contribution >= 4 is 17.6 Å². The standard InChI is InChI=1S/C24H18O7/c25-19(15-4-7-20-22(11-15)29-10-2-9-28-20)14-30-17-5-6-18-21(12-17)31-23(24(18)26)13-16-3-1-8-27-16/h1,3-8,11-13H,2,9-10,14H2. The van der Waals surface area contributed by atoms with E-state index < -0.39 is 0 Å². The summed E-state index contributed by atoms with van der Waals surface area (Å²) in [6.45, 7) is 0.970. The second-order valence-electron chi connectivity index (χ2n) is 7.04. The van der Waals surface area contributed by atoms with Gasteiger partial charge in [-0.15, -0.1) is 0 Å². The summed E-state index contributed by atoms with van der Waals surface area (Å²) in [7, 11) is 0. The molecule has 3 aromatic rings. The van der Waals surface area contributed by atoms with E-state index in [1.165, 1.54) is 12.3 Å². The summed E-state index contributed by atoms with van der Waals surface area (Å²) in [6, 6.07) is 13.4. The highest BCUT2D eigenvalue weighted by Crippen LogP contribution is 2.35. The van der Waals surface area contributed by atoms with Crippen LogP contribution in [0.1, 0.15) is 32.9 Å². The summed E-state index contributed by atoms with van der Waals surface area (Å²) < 4.78 is 27.7. The van der Waals surface area contributed by atoms with E-state index in [2.05, 4.69) is 0 Å². The normalized spacial score (nSPS) is 15.9. The molecule has 31 heavy (non-hydrogen) atoms. The van der Waals surface area contributed by atoms with Gasteiger partial charge in [0, 0.05) is 24.1 Å². The highest BCUT2D eigenvalue weighted by Gasteiger charge is 2.28. The number of ether oxygens (including phenoxy) is 4. The average molecular weight is 418 g/mol. The van der Waals surface area contributed by atoms with Crippen LogP contribution in [-0.4, -0.2) is 31.4 Å². The fourth-order valence-corrected chi connectivity index (χ4v) is 3.33. The number of benzene rings is 2. The number of hydrogen-bond acceptors (Lipinski definition) is 7. The Morgan fingerprint density at radius 2 is 1.87 bits per heavy atom. The Kier molecular flexibility index (Phi) is 4.92. The first-order chi connectivity index (χ1) is 15.2. The number of furan rings is 1. The SMILES string of the molecule is O=C(COc1ccc2c(c1)OC(=Cc1ccco1)C2=O)c1ccc2c(c1)OCCCO2. The number of fused-ring (bicyclic) bond motifs is 2. The summed E-state index contributed by atoms with van der Waals surface area (Å²) in [5, 5.41) is 0.